The van der Waals surface area contributed by atoms with Gasteiger partial charge in [0.1, 0.15) is 0 Å². The van der Waals surface area contributed by atoms with Crippen molar-refractivity contribution in [2.45, 2.75) is 0 Å². The lowest BCUT2D eigenvalue weighted by Crippen LogP contribution is -2.00. The van der Waals surface area contributed by atoms with Gasteiger partial charge in [-0.3, -0.25) is 0 Å². The van der Waals surface area contributed by atoms with Crippen LogP contribution in [-0.4, -0.2) is 58.6 Å². The van der Waals surface area contributed by atoms with Gasteiger partial charge in [-0.05, 0) is 129 Å². The number of para-hydroxylation sites is 4. The van der Waals surface area contributed by atoms with Gasteiger partial charge in [0.05, 0.1) is 33.1 Å². The van der Waals surface area contributed by atoms with Crippen molar-refractivity contribution in [2.24, 2.45) is 0 Å². The molecule has 0 amide bonds. The second kappa shape index (κ2) is 31.2. The first-order valence-electron chi connectivity index (χ1n) is 41.9. The molecular formula is C113H72N12. The van der Waals surface area contributed by atoms with Crippen LogP contribution >= 0.6 is 0 Å². The molecule has 0 saturated carbocycles. The Balaban J connectivity index is 0.000000109. The molecule has 0 N–H and O–H groups in total. The van der Waals surface area contributed by atoms with Crippen molar-refractivity contribution < 1.29 is 0 Å². The molecule has 0 aliphatic heterocycles. The number of rotatable bonds is 12. The van der Waals surface area contributed by atoms with Gasteiger partial charge < -0.3 is 13.7 Å². The van der Waals surface area contributed by atoms with Gasteiger partial charge in [0.2, 0.25) is 0 Å². The Kier molecular flexibility index (Phi) is 18.3. The summed E-state index contributed by atoms with van der Waals surface area (Å²) in [6, 6.07) is 152. The summed E-state index contributed by atoms with van der Waals surface area (Å²) in [7, 11) is 0. The SMILES string of the molecule is c1ccc(-c2nc(-c3ccccc3)nc(-c3ccc(-n4c5ccccc5c5ccc6ccccc6c54)cc3)n2)cc1.c1ccc(-c2nc(-c3ccccc3)nc(-c3ccc(-n4c5ccccc5c5ccccc54)cc3)n2)cc1.c1ccc(-c2nc(-c3ccccc3)nc(-c3ccc4c5c6cccc7c6c(cc5n(-c5ccccc5)c4c3)-c3ccccc3-7)n2)cc1. The van der Waals surface area contributed by atoms with Crippen LogP contribution in [0, 0.1) is 0 Å². The molecule has 0 radical (unpaired) electrons. The van der Waals surface area contributed by atoms with Crippen LogP contribution in [0.5, 0.6) is 0 Å². The van der Waals surface area contributed by atoms with Gasteiger partial charge in [-0.2, -0.15) is 0 Å². The minimum atomic E-state index is 0.646. The molecule has 584 valence electrons. The second-order valence-electron chi connectivity index (χ2n) is 31.1. The van der Waals surface area contributed by atoms with Crippen LogP contribution in [-0.2, 0) is 0 Å². The standard InChI is InChI=1S/C43H26N4.C37H24N4.C33H22N4/c1-4-13-27(14-5-1)41-44-42(28-15-6-2-7-16-28)46-43(45-41)29-23-24-34-37(25-29)47(30-17-8-3-9-18-30)38-26-36-32-20-11-10-19-31(32)33-21-12-22-35(39(33)36)40(34)38;1-3-12-26(13-4-1)35-38-36(27-14-5-2-6-15-27)40-37(39-35)28-19-22-29(23-20-28)41-33-18-10-9-17-31(33)32-24-21-25-11-7-8-16-30(25)34(32)41;1-3-11-23(12-4-1)31-34-32(24-13-5-2-6-14-24)36-33(35-31)25-19-21-26(22-20-25)37-29-17-9-7-15-27(29)28-16-8-10-18-30(28)37/h1-26H;1-24H;1-22H. The van der Waals surface area contributed by atoms with Crippen molar-refractivity contribution >= 4 is 87.0 Å². The van der Waals surface area contributed by atoms with E-state index in [4.69, 9.17) is 44.9 Å². The predicted molar refractivity (Wildman–Crippen MR) is 511 cm³/mol. The zero-order valence-corrected chi connectivity index (χ0v) is 67.4. The molecule has 1 aliphatic rings. The number of hydrogen-bond acceptors (Lipinski definition) is 9. The van der Waals surface area contributed by atoms with E-state index in [-0.39, 0.29) is 0 Å². The van der Waals surface area contributed by atoms with Gasteiger partial charge in [-0.25, -0.2) is 44.9 Å². The van der Waals surface area contributed by atoms with Gasteiger partial charge in [0.25, 0.3) is 0 Å². The number of hydrogen-bond donors (Lipinski definition) is 0. The minimum Gasteiger partial charge on any atom is -0.309 e. The zero-order valence-electron chi connectivity index (χ0n) is 67.4. The fourth-order valence-corrected chi connectivity index (χ4v) is 17.9. The Labute approximate surface area is 719 Å². The molecule has 6 aromatic heterocycles. The normalized spacial score (nSPS) is 11.5. The first-order chi connectivity index (χ1) is 62.0. The molecule has 0 unspecified atom stereocenters. The highest BCUT2D eigenvalue weighted by molar-refractivity contribution is 6.29. The maximum absolute atomic E-state index is 5.04. The van der Waals surface area contributed by atoms with Crippen LogP contribution in [0.1, 0.15) is 0 Å². The molecule has 0 atom stereocenters. The monoisotopic (exact) mass is 1600 g/mol. The third kappa shape index (κ3) is 13.3. The molecule has 6 heterocycles. The van der Waals surface area contributed by atoms with Crippen LogP contribution in [0.3, 0.4) is 0 Å². The van der Waals surface area contributed by atoms with E-state index in [1.165, 1.54) is 104 Å². The summed E-state index contributed by atoms with van der Waals surface area (Å²) in [5.41, 5.74) is 24.2. The molecule has 25 rings (SSSR count). The van der Waals surface area contributed by atoms with Crippen LogP contribution < -0.4 is 0 Å². The van der Waals surface area contributed by atoms with Gasteiger partial charge in [0, 0.05) is 105 Å². The van der Waals surface area contributed by atoms with Gasteiger partial charge in [0.15, 0.2) is 52.4 Å². The molecule has 0 bridgehead atoms. The summed E-state index contributed by atoms with van der Waals surface area (Å²) >= 11 is 0. The summed E-state index contributed by atoms with van der Waals surface area (Å²) in [6.45, 7) is 0. The third-order valence-electron chi connectivity index (χ3n) is 23.7. The van der Waals surface area contributed by atoms with E-state index in [0.29, 0.717) is 52.4 Å². The van der Waals surface area contributed by atoms with Crippen molar-refractivity contribution in [3.63, 3.8) is 0 Å². The Bertz CT molecular complexity index is 8000. The van der Waals surface area contributed by atoms with Gasteiger partial charge in [-0.15, -0.1) is 0 Å². The van der Waals surface area contributed by atoms with Crippen molar-refractivity contribution in [1.82, 2.24) is 58.6 Å². The number of fused-ring (bicyclic) bond motifs is 15. The molecule has 12 heteroatoms. The van der Waals surface area contributed by atoms with Crippen LogP contribution in [0.25, 0.3) is 229 Å². The smallest absolute Gasteiger partial charge is 0.164 e. The van der Waals surface area contributed by atoms with E-state index in [1.807, 2.05) is 182 Å². The molecule has 24 aromatic rings. The number of benzene rings is 18. The summed E-state index contributed by atoms with van der Waals surface area (Å²) in [5, 5.41) is 12.5. The molecule has 1 aliphatic carbocycles. The fourth-order valence-electron chi connectivity index (χ4n) is 17.9. The lowest BCUT2D eigenvalue weighted by molar-refractivity contribution is 1.07. The van der Waals surface area contributed by atoms with E-state index < -0.39 is 0 Å². The Morgan fingerprint density at radius 1 is 0.144 bits per heavy atom. The fraction of sp³-hybridized carbons (Fsp3) is 0. The van der Waals surface area contributed by atoms with E-state index >= 15 is 0 Å². The zero-order chi connectivity index (χ0) is 82.7. The topological polar surface area (TPSA) is 131 Å². The molecule has 0 fully saturated rings. The van der Waals surface area contributed by atoms with Crippen LogP contribution in [0.15, 0.2) is 437 Å². The average molecular weight is 1600 g/mol. The summed E-state index contributed by atoms with van der Waals surface area (Å²) in [4.78, 5) is 44.2. The molecule has 12 nitrogen and oxygen atoms in total. The Morgan fingerprint density at radius 2 is 0.440 bits per heavy atom. The quantitative estimate of drug-likeness (QED) is 0.117. The highest BCUT2D eigenvalue weighted by Crippen LogP contribution is 2.52. The largest absolute Gasteiger partial charge is 0.309 e. The van der Waals surface area contributed by atoms with Gasteiger partial charge >= 0.3 is 0 Å². The highest BCUT2D eigenvalue weighted by atomic mass is 15.1. The average Bonchev–Trinajstić information content (AvgIpc) is 1.54. The van der Waals surface area contributed by atoms with Crippen molar-refractivity contribution in [3.05, 3.63) is 437 Å². The lowest BCUT2D eigenvalue weighted by atomic mass is 9.98. The van der Waals surface area contributed by atoms with E-state index in [0.717, 1.165) is 72.6 Å². The summed E-state index contributed by atoms with van der Waals surface area (Å²) < 4.78 is 7.08. The predicted octanol–water partition coefficient (Wildman–Crippen LogP) is 27.9. The van der Waals surface area contributed by atoms with E-state index in [2.05, 4.69) is 268 Å². The van der Waals surface area contributed by atoms with Crippen molar-refractivity contribution in [1.29, 1.82) is 0 Å². The summed E-state index contributed by atoms with van der Waals surface area (Å²) in [6.07, 6.45) is 0. The van der Waals surface area contributed by atoms with E-state index in [9.17, 15) is 0 Å². The molecule has 18 aromatic carbocycles. The van der Waals surface area contributed by atoms with Crippen molar-refractivity contribution in [2.75, 3.05) is 0 Å². The highest BCUT2D eigenvalue weighted by Gasteiger charge is 2.27. The third-order valence-corrected chi connectivity index (χ3v) is 23.7. The molecule has 125 heavy (non-hydrogen) atoms. The van der Waals surface area contributed by atoms with Crippen molar-refractivity contribution in [3.8, 4) is 142 Å². The first-order valence-corrected chi connectivity index (χ1v) is 41.9. The lowest BCUT2D eigenvalue weighted by Gasteiger charge is -2.11. The Hall–Kier alpha value is -17.1. The van der Waals surface area contributed by atoms with Crippen LogP contribution in [0.2, 0.25) is 0 Å². The minimum absolute atomic E-state index is 0.646. The maximum Gasteiger partial charge on any atom is 0.164 e. The second-order valence-corrected chi connectivity index (χ2v) is 31.1. The molecule has 0 spiro atoms. The molecule has 0 saturated heterocycles. The van der Waals surface area contributed by atoms with E-state index in [1.54, 1.807) is 0 Å². The first kappa shape index (κ1) is 73.1. The number of aromatic nitrogens is 12. The summed E-state index contributed by atoms with van der Waals surface area (Å²) in [5.74, 6) is 5.90. The number of nitrogens with zero attached hydrogens (tertiary/aromatic N) is 12. The maximum atomic E-state index is 5.04. The Morgan fingerprint density at radius 3 is 0.880 bits per heavy atom. The van der Waals surface area contributed by atoms with Gasteiger partial charge in [-0.1, -0.05) is 346 Å². The molecular weight excluding hydrogens is 1530 g/mol. The van der Waals surface area contributed by atoms with Crippen LogP contribution in [0.4, 0.5) is 0 Å².